The summed E-state index contributed by atoms with van der Waals surface area (Å²) in [5.74, 6) is -0.230. The molecule has 7 heteroatoms. The lowest BCUT2D eigenvalue weighted by molar-refractivity contribution is -0.881. The monoisotopic (exact) mass is 512 g/mol. The van der Waals surface area contributed by atoms with Gasteiger partial charge in [-0.15, -0.1) is 0 Å². The van der Waals surface area contributed by atoms with Gasteiger partial charge >= 0.3 is 11.8 Å². The maximum absolute atomic E-state index is 14.2. The van der Waals surface area contributed by atoms with Crippen molar-refractivity contribution < 1.29 is 24.0 Å². The molecule has 3 N–H and O–H groups in total. The molecule has 0 spiro atoms. The van der Waals surface area contributed by atoms with Gasteiger partial charge in [-0.25, -0.2) is 9.28 Å². The van der Waals surface area contributed by atoms with Crippen LogP contribution in [0, 0.1) is 5.92 Å². The molecule has 1 aromatic rings. The van der Waals surface area contributed by atoms with Gasteiger partial charge in [0.25, 0.3) is 6.23 Å². The van der Waals surface area contributed by atoms with E-state index >= 15 is 0 Å². The molecule has 3 aliphatic rings. The van der Waals surface area contributed by atoms with Gasteiger partial charge in [0.1, 0.15) is 6.04 Å². The first-order valence-electron chi connectivity index (χ1n) is 14.7. The van der Waals surface area contributed by atoms with Crippen LogP contribution in [0.4, 0.5) is 0 Å². The summed E-state index contributed by atoms with van der Waals surface area (Å²) < 4.78 is -0.293. The van der Waals surface area contributed by atoms with Crippen LogP contribution in [-0.2, 0) is 20.8 Å². The van der Waals surface area contributed by atoms with Gasteiger partial charge in [-0.3, -0.25) is 9.59 Å². The zero-order valence-electron chi connectivity index (χ0n) is 22.3. The standard InChI is InChI=1S/C30H45N3O4/c34-27(19-18-23-12-4-1-5-13-23)32-26(22-24-14-6-2-7-15-24)29(36)33(20-10-11-21-33)30(37)28(35)31-25-16-8-3-9-17-25/h2,6-7,14-15,23,25-26,30,37H,1,3-5,8-13,16-22H2,(H-,31,32,34,35)/p+1. The zero-order valence-corrected chi connectivity index (χ0v) is 22.3. The second-order valence-corrected chi connectivity index (χ2v) is 11.6. The predicted octanol–water partition coefficient (Wildman–Crippen LogP) is 3.98. The molecule has 204 valence electrons. The van der Waals surface area contributed by atoms with Crippen LogP contribution in [0.2, 0.25) is 0 Å². The van der Waals surface area contributed by atoms with E-state index < -0.39 is 18.2 Å². The van der Waals surface area contributed by atoms with E-state index in [4.69, 9.17) is 0 Å². The molecule has 37 heavy (non-hydrogen) atoms. The summed E-state index contributed by atoms with van der Waals surface area (Å²) in [6.07, 6.45) is 13.0. The number of nitrogens with one attached hydrogen (secondary N) is 2. The Morgan fingerprint density at radius 1 is 0.865 bits per heavy atom. The molecule has 0 radical (unpaired) electrons. The summed E-state index contributed by atoms with van der Waals surface area (Å²) in [6, 6.07) is 8.97. The van der Waals surface area contributed by atoms with Crippen LogP contribution in [-0.4, -0.2) is 58.7 Å². The highest BCUT2D eigenvalue weighted by molar-refractivity contribution is 5.87. The van der Waals surface area contributed by atoms with Crippen molar-refractivity contribution in [1.29, 1.82) is 0 Å². The van der Waals surface area contributed by atoms with Crippen LogP contribution in [0.1, 0.15) is 95.5 Å². The number of amides is 3. The average Bonchev–Trinajstić information content (AvgIpc) is 3.43. The molecule has 2 atom stereocenters. The van der Waals surface area contributed by atoms with Gasteiger partial charge in [-0.2, -0.15) is 0 Å². The molecule has 3 amide bonds. The number of rotatable bonds is 10. The van der Waals surface area contributed by atoms with Crippen LogP contribution >= 0.6 is 0 Å². The summed E-state index contributed by atoms with van der Waals surface area (Å²) in [5, 5.41) is 17.4. The summed E-state index contributed by atoms with van der Waals surface area (Å²) in [5.41, 5.74) is 0.951. The molecule has 1 aliphatic heterocycles. The van der Waals surface area contributed by atoms with E-state index in [1.807, 2.05) is 30.3 Å². The Hall–Kier alpha value is -2.25. The van der Waals surface area contributed by atoms with Crippen LogP contribution in [0.15, 0.2) is 30.3 Å². The molecular formula is C30H46N3O4+. The Morgan fingerprint density at radius 2 is 1.49 bits per heavy atom. The van der Waals surface area contributed by atoms with Gasteiger partial charge < -0.3 is 15.7 Å². The first-order valence-corrected chi connectivity index (χ1v) is 14.7. The third kappa shape index (κ3) is 7.41. The van der Waals surface area contributed by atoms with E-state index in [1.54, 1.807) is 0 Å². The molecule has 1 saturated heterocycles. The fourth-order valence-corrected chi connectivity index (χ4v) is 6.67. The lowest BCUT2D eigenvalue weighted by Crippen LogP contribution is -2.67. The van der Waals surface area contributed by atoms with Gasteiger partial charge in [-0.1, -0.05) is 81.7 Å². The Morgan fingerprint density at radius 3 is 2.14 bits per heavy atom. The Kier molecular flexibility index (Phi) is 10.1. The van der Waals surface area contributed by atoms with E-state index in [2.05, 4.69) is 10.6 Å². The van der Waals surface area contributed by atoms with Crippen molar-refractivity contribution in [3.63, 3.8) is 0 Å². The molecule has 2 unspecified atom stereocenters. The maximum Gasteiger partial charge on any atom is 0.339 e. The third-order valence-electron chi connectivity index (χ3n) is 8.88. The smallest absolute Gasteiger partial charge is 0.339 e. The molecule has 3 fully saturated rings. The highest BCUT2D eigenvalue weighted by atomic mass is 16.3. The van der Waals surface area contributed by atoms with Gasteiger partial charge in [0.2, 0.25) is 5.91 Å². The number of carbonyl (C=O) groups excluding carboxylic acids is 3. The van der Waals surface area contributed by atoms with E-state index in [0.717, 1.165) is 50.5 Å². The van der Waals surface area contributed by atoms with Crippen LogP contribution < -0.4 is 10.6 Å². The van der Waals surface area contributed by atoms with E-state index in [9.17, 15) is 19.5 Å². The molecule has 1 aromatic carbocycles. The minimum atomic E-state index is -1.45. The maximum atomic E-state index is 14.2. The normalized spacial score (nSPS) is 22.2. The minimum Gasteiger partial charge on any atom is -0.346 e. The summed E-state index contributed by atoms with van der Waals surface area (Å²) in [4.78, 5) is 40.4. The second kappa shape index (κ2) is 13.5. The number of hydrogen-bond acceptors (Lipinski definition) is 4. The molecule has 0 bridgehead atoms. The molecule has 4 rings (SSSR count). The molecular weight excluding hydrogens is 466 g/mol. The van der Waals surface area contributed by atoms with Crippen molar-refractivity contribution in [2.24, 2.45) is 5.92 Å². The molecule has 2 saturated carbocycles. The Labute approximate surface area is 222 Å². The van der Waals surface area contributed by atoms with E-state index in [-0.39, 0.29) is 22.3 Å². The van der Waals surface area contributed by atoms with Crippen LogP contribution in [0.5, 0.6) is 0 Å². The third-order valence-corrected chi connectivity index (χ3v) is 8.88. The summed E-state index contributed by atoms with van der Waals surface area (Å²) in [6.45, 7) is 0.836. The Bertz CT molecular complexity index is 887. The fraction of sp³-hybridized carbons (Fsp3) is 0.700. The highest BCUT2D eigenvalue weighted by Gasteiger charge is 2.52. The molecule has 2 aliphatic carbocycles. The summed E-state index contributed by atoms with van der Waals surface area (Å²) >= 11 is 0. The van der Waals surface area contributed by atoms with Crippen LogP contribution in [0.25, 0.3) is 0 Å². The van der Waals surface area contributed by atoms with Crippen molar-refractivity contribution >= 4 is 17.7 Å². The molecule has 0 aromatic heterocycles. The number of hydrogen-bond donors (Lipinski definition) is 3. The average molecular weight is 513 g/mol. The lowest BCUT2D eigenvalue weighted by atomic mass is 9.86. The first-order chi connectivity index (χ1) is 18.0. The Balaban J connectivity index is 1.47. The quantitative estimate of drug-likeness (QED) is 0.413. The molecule has 7 nitrogen and oxygen atoms in total. The number of benzene rings is 1. The lowest BCUT2D eigenvalue weighted by Gasteiger charge is -2.38. The zero-order chi connectivity index (χ0) is 26.1. The van der Waals surface area contributed by atoms with Crippen molar-refractivity contribution in [2.75, 3.05) is 13.1 Å². The number of nitrogens with zero attached hydrogens (tertiary/aromatic N) is 1. The van der Waals surface area contributed by atoms with Gasteiger partial charge in [0.05, 0.1) is 13.1 Å². The first kappa shape index (κ1) is 27.8. The van der Waals surface area contributed by atoms with Crippen molar-refractivity contribution in [1.82, 2.24) is 10.6 Å². The number of aliphatic hydroxyl groups is 1. The molecule has 1 heterocycles. The fourth-order valence-electron chi connectivity index (χ4n) is 6.67. The van der Waals surface area contributed by atoms with Gasteiger partial charge in [0.15, 0.2) is 0 Å². The van der Waals surface area contributed by atoms with Crippen molar-refractivity contribution in [2.45, 2.75) is 115 Å². The SMILES string of the molecule is O=C(CCC1CCCCC1)NC(Cc1ccccc1)C(=O)[N+]1(C(O)C(=O)NC2CCCCC2)CCCC1. The van der Waals surface area contributed by atoms with Crippen molar-refractivity contribution in [3.8, 4) is 0 Å². The topological polar surface area (TPSA) is 95.5 Å². The van der Waals surface area contributed by atoms with Crippen molar-refractivity contribution in [3.05, 3.63) is 35.9 Å². The van der Waals surface area contributed by atoms with Gasteiger partial charge in [-0.05, 0) is 30.7 Å². The number of aliphatic hydroxyl groups excluding tert-OH is 1. The number of quaternary nitrogens is 1. The predicted molar refractivity (Wildman–Crippen MR) is 143 cm³/mol. The number of likely N-dealkylation sites (tertiary alicyclic amines) is 1. The highest BCUT2D eigenvalue weighted by Crippen LogP contribution is 2.28. The minimum absolute atomic E-state index is 0.0632. The van der Waals surface area contributed by atoms with E-state index in [1.165, 1.54) is 38.5 Å². The largest absolute Gasteiger partial charge is 0.346 e. The van der Waals surface area contributed by atoms with Gasteiger partial charge in [0, 0.05) is 31.7 Å². The number of carbonyl (C=O) groups is 3. The summed E-state index contributed by atoms with van der Waals surface area (Å²) in [7, 11) is 0. The van der Waals surface area contributed by atoms with E-state index in [0.29, 0.717) is 31.8 Å². The second-order valence-electron chi connectivity index (χ2n) is 11.6. The van der Waals surface area contributed by atoms with Crippen LogP contribution in [0.3, 0.4) is 0 Å².